The number of amides is 1. The van der Waals surface area contributed by atoms with E-state index in [2.05, 4.69) is 17.2 Å². The molecule has 0 radical (unpaired) electrons. The summed E-state index contributed by atoms with van der Waals surface area (Å²) in [5, 5.41) is 12.4. The van der Waals surface area contributed by atoms with Crippen LogP contribution < -0.4 is 5.32 Å². The van der Waals surface area contributed by atoms with Gasteiger partial charge in [0.1, 0.15) is 0 Å². The minimum absolute atomic E-state index is 0.0388. The van der Waals surface area contributed by atoms with Crippen LogP contribution in [0.3, 0.4) is 0 Å². The summed E-state index contributed by atoms with van der Waals surface area (Å²) in [6, 6.07) is 1.90. The van der Waals surface area contributed by atoms with Crippen LogP contribution in [-0.4, -0.2) is 28.1 Å². The molecule has 1 aliphatic rings. The predicted molar refractivity (Wildman–Crippen MR) is 69.3 cm³/mol. The molecule has 1 fully saturated rings. The molecule has 4 heteroatoms. The molecule has 0 bridgehead atoms. The monoisotopic (exact) mass is 248 g/mol. The van der Waals surface area contributed by atoms with Crippen LogP contribution in [0, 0.1) is 12.8 Å². The molecule has 1 saturated carbocycles. The van der Waals surface area contributed by atoms with E-state index in [9.17, 15) is 9.90 Å². The lowest BCUT2D eigenvalue weighted by atomic mass is 9.76. The number of rotatable bonds is 4. The molecule has 2 rings (SSSR count). The van der Waals surface area contributed by atoms with E-state index in [1.54, 1.807) is 18.5 Å². The van der Waals surface area contributed by atoms with E-state index in [1.807, 2.05) is 6.92 Å². The van der Waals surface area contributed by atoms with Crippen LogP contribution in [0.1, 0.15) is 42.1 Å². The Balaban J connectivity index is 2.00. The van der Waals surface area contributed by atoms with Gasteiger partial charge in [-0.15, -0.1) is 0 Å². The minimum atomic E-state index is -0.177. The molecule has 0 saturated heterocycles. The summed E-state index contributed by atoms with van der Waals surface area (Å²) >= 11 is 0. The second-order valence-corrected chi connectivity index (χ2v) is 5.06. The van der Waals surface area contributed by atoms with Crippen molar-refractivity contribution in [3.63, 3.8) is 0 Å². The van der Waals surface area contributed by atoms with Crippen molar-refractivity contribution in [1.82, 2.24) is 10.3 Å². The zero-order valence-electron chi connectivity index (χ0n) is 10.9. The topological polar surface area (TPSA) is 62.2 Å². The predicted octanol–water partition coefficient (Wildman–Crippen LogP) is 1.67. The van der Waals surface area contributed by atoms with Crippen LogP contribution in [0.5, 0.6) is 0 Å². The Kier molecular flexibility index (Phi) is 3.97. The Morgan fingerprint density at radius 3 is 2.89 bits per heavy atom. The van der Waals surface area contributed by atoms with Crippen molar-refractivity contribution in [2.45, 2.75) is 45.3 Å². The number of carbonyl (C=O) groups is 1. The molecule has 1 amide bonds. The second-order valence-electron chi connectivity index (χ2n) is 5.06. The molecule has 1 atom stereocenters. The normalized spacial score (nSPS) is 24.2. The molecule has 18 heavy (non-hydrogen) atoms. The van der Waals surface area contributed by atoms with Crippen LogP contribution in [0.4, 0.5) is 0 Å². The Bertz CT molecular complexity index is 428. The van der Waals surface area contributed by atoms with Crippen molar-refractivity contribution < 1.29 is 9.90 Å². The summed E-state index contributed by atoms with van der Waals surface area (Å²) in [6.45, 7) is 3.95. The lowest BCUT2D eigenvalue weighted by Gasteiger charge is -2.37. The Morgan fingerprint density at radius 2 is 2.33 bits per heavy atom. The van der Waals surface area contributed by atoms with Gasteiger partial charge in [-0.1, -0.05) is 6.92 Å². The van der Waals surface area contributed by atoms with E-state index in [0.717, 1.165) is 24.8 Å². The van der Waals surface area contributed by atoms with Gasteiger partial charge in [-0.05, 0) is 43.7 Å². The van der Waals surface area contributed by atoms with E-state index in [4.69, 9.17) is 0 Å². The summed E-state index contributed by atoms with van der Waals surface area (Å²) in [6.07, 6.45) is 5.65. The molecular weight excluding hydrogens is 228 g/mol. The highest BCUT2D eigenvalue weighted by molar-refractivity contribution is 5.95. The van der Waals surface area contributed by atoms with E-state index in [1.165, 1.54) is 0 Å². The largest absolute Gasteiger partial charge is 0.393 e. The highest BCUT2D eigenvalue weighted by Crippen LogP contribution is 2.31. The molecule has 1 aromatic heterocycles. The smallest absolute Gasteiger partial charge is 0.251 e. The number of hydrogen-bond donors (Lipinski definition) is 2. The lowest BCUT2D eigenvalue weighted by Crippen LogP contribution is -2.46. The quantitative estimate of drug-likeness (QED) is 0.852. The van der Waals surface area contributed by atoms with Crippen molar-refractivity contribution in [2.24, 2.45) is 5.92 Å². The SMILES string of the molecule is CC[C@H](NC(=O)c1ccncc1C)C1CC(O)C1. The Hall–Kier alpha value is -1.42. The first-order valence-corrected chi connectivity index (χ1v) is 6.51. The zero-order valence-corrected chi connectivity index (χ0v) is 10.9. The van der Waals surface area contributed by atoms with Gasteiger partial charge in [-0.2, -0.15) is 0 Å². The molecule has 98 valence electrons. The summed E-state index contributed by atoms with van der Waals surface area (Å²) in [7, 11) is 0. The molecule has 0 aromatic carbocycles. The molecular formula is C14H20N2O2. The molecule has 1 aromatic rings. The highest BCUT2D eigenvalue weighted by atomic mass is 16.3. The number of nitrogens with zero attached hydrogens (tertiary/aromatic N) is 1. The van der Waals surface area contributed by atoms with Crippen LogP contribution in [0.25, 0.3) is 0 Å². The van der Waals surface area contributed by atoms with Crippen molar-refractivity contribution >= 4 is 5.91 Å². The van der Waals surface area contributed by atoms with Gasteiger partial charge in [-0.25, -0.2) is 0 Å². The second kappa shape index (κ2) is 5.48. The van der Waals surface area contributed by atoms with Gasteiger partial charge in [0, 0.05) is 24.0 Å². The summed E-state index contributed by atoms with van der Waals surface area (Å²) in [5.41, 5.74) is 1.57. The molecule has 1 heterocycles. The van der Waals surface area contributed by atoms with Gasteiger partial charge >= 0.3 is 0 Å². The maximum Gasteiger partial charge on any atom is 0.251 e. The third-order valence-electron chi connectivity index (χ3n) is 3.74. The molecule has 4 nitrogen and oxygen atoms in total. The maximum atomic E-state index is 12.2. The molecule has 2 N–H and O–H groups in total. The summed E-state index contributed by atoms with van der Waals surface area (Å²) in [5.74, 6) is 0.374. The Labute approximate surface area is 107 Å². The first-order chi connectivity index (χ1) is 8.61. The number of carbonyl (C=O) groups excluding carboxylic acids is 1. The lowest BCUT2D eigenvalue weighted by molar-refractivity contribution is 0.0232. The number of nitrogens with one attached hydrogen (secondary N) is 1. The number of pyridine rings is 1. The Morgan fingerprint density at radius 1 is 1.61 bits per heavy atom. The van der Waals surface area contributed by atoms with Crippen molar-refractivity contribution in [1.29, 1.82) is 0 Å². The van der Waals surface area contributed by atoms with E-state index >= 15 is 0 Å². The zero-order chi connectivity index (χ0) is 13.1. The summed E-state index contributed by atoms with van der Waals surface area (Å²) in [4.78, 5) is 16.1. The average Bonchev–Trinajstić information content (AvgIpc) is 2.33. The molecule has 1 aliphatic carbocycles. The van der Waals surface area contributed by atoms with Gasteiger partial charge < -0.3 is 10.4 Å². The van der Waals surface area contributed by atoms with Gasteiger partial charge in [0.15, 0.2) is 0 Å². The fraction of sp³-hybridized carbons (Fsp3) is 0.571. The van der Waals surface area contributed by atoms with Crippen molar-refractivity contribution in [3.8, 4) is 0 Å². The fourth-order valence-electron chi connectivity index (χ4n) is 2.49. The molecule has 0 unspecified atom stereocenters. The average molecular weight is 248 g/mol. The number of aliphatic hydroxyl groups is 1. The third kappa shape index (κ3) is 2.70. The minimum Gasteiger partial charge on any atom is -0.393 e. The first kappa shape index (κ1) is 13.0. The van der Waals surface area contributed by atoms with Crippen LogP contribution in [0.2, 0.25) is 0 Å². The van der Waals surface area contributed by atoms with Crippen LogP contribution in [-0.2, 0) is 0 Å². The third-order valence-corrected chi connectivity index (χ3v) is 3.74. The van der Waals surface area contributed by atoms with Crippen LogP contribution in [0.15, 0.2) is 18.5 Å². The van der Waals surface area contributed by atoms with Crippen LogP contribution >= 0.6 is 0 Å². The van der Waals surface area contributed by atoms with Gasteiger partial charge in [0.25, 0.3) is 5.91 Å². The standard InChI is InChI=1S/C14H20N2O2/c1-3-13(10-6-11(17)7-10)16-14(18)12-4-5-15-8-9(12)2/h4-5,8,10-11,13,17H,3,6-7H2,1-2H3,(H,16,18)/t10?,11?,13-/m0/s1. The fourth-order valence-corrected chi connectivity index (χ4v) is 2.49. The van der Waals surface area contributed by atoms with E-state index < -0.39 is 0 Å². The number of aromatic nitrogens is 1. The van der Waals surface area contributed by atoms with E-state index in [0.29, 0.717) is 11.5 Å². The number of aliphatic hydroxyl groups excluding tert-OH is 1. The van der Waals surface area contributed by atoms with E-state index in [-0.39, 0.29) is 18.1 Å². The van der Waals surface area contributed by atoms with Gasteiger partial charge in [-0.3, -0.25) is 9.78 Å². The molecule has 0 aliphatic heterocycles. The van der Waals surface area contributed by atoms with Gasteiger partial charge in [0.05, 0.1) is 6.10 Å². The number of aryl methyl sites for hydroxylation is 1. The number of hydrogen-bond acceptors (Lipinski definition) is 3. The van der Waals surface area contributed by atoms with Crippen molar-refractivity contribution in [3.05, 3.63) is 29.6 Å². The molecule has 0 spiro atoms. The summed E-state index contributed by atoms with van der Waals surface area (Å²) < 4.78 is 0. The van der Waals surface area contributed by atoms with Gasteiger partial charge in [0.2, 0.25) is 0 Å². The maximum absolute atomic E-state index is 12.2. The first-order valence-electron chi connectivity index (χ1n) is 6.51. The van der Waals surface area contributed by atoms with Crippen molar-refractivity contribution in [2.75, 3.05) is 0 Å². The highest BCUT2D eigenvalue weighted by Gasteiger charge is 2.33.